The van der Waals surface area contributed by atoms with Crippen LogP contribution in [0.15, 0.2) is 43.0 Å². The maximum Gasteiger partial charge on any atom is 0.133 e. The van der Waals surface area contributed by atoms with E-state index in [0.717, 1.165) is 11.0 Å². The van der Waals surface area contributed by atoms with Crippen LogP contribution in [0, 0.1) is 0 Å². The Morgan fingerprint density at radius 1 is 1.27 bits per heavy atom. The van der Waals surface area contributed by atoms with Crippen molar-refractivity contribution in [1.29, 1.82) is 0 Å². The SMILES string of the molecule is C=CC[N+](C)(c1ccccc1)C(C)C.[Br-]. The zero-order valence-electron chi connectivity index (χ0n) is 9.78. The normalized spacial score (nSPS) is 14.1. The molecule has 15 heavy (non-hydrogen) atoms. The quantitative estimate of drug-likeness (QED) is 0.542. The summed E-state index contributed by atoms with van der Waals surface area (Å²) in [4.78, 5) is 0. The minimum absolute atomic E-state index is 0. The molecular formula is C13H20BrN. The topological polar surface area (TPSA) is 0 Å². The summed E-state index contributed by atoms with van der Waals surface area (Å²) in [6.07, 6.45) is 1.99. The van der Waals surface area contributed by atoms with Crippen molar-refractivity contribution >= 4 is 5.69 Å². The fourth-order valence-electron chi connectivity index (χ4n) is 1.65. The van der Waals surface area contributed by atoms with Gasteiger partial charge in [0.2, 0.25) is 0 Å². The molecule has 1 rings (SSSR count). The van der Waals surface area contributed by atoms with E-state index in [1.54, 1.807) is 0 Å². The van der Waals surface area contributed by atoms with Crippen molar-refractivity contribution in [3.05, 3.63) is 43.0 Å². The van der Waals surface area contributed by atoms with Gasteiger partial charge in [0.25, 0.3) is 0 Å². The first-order chi connectivity index (χ1) is 6.61. The molecule has 0 bridgehead atoms. The number of hydrogen-bond donors (Lipinski definition) is 0. The highest BCUT2D eigenvalue weighted by Crippen LogP contribution is 2.23. The number of likely N-dealkylation sites (N-methyl/N-ethyl adjacent to an activating group) is 1. The fraction of sp³-hybridized carbons (Fsp3) is 0.385. The monoisotopic (exact) mass is 269 g/mol. The molecule has 84 valence electrons. The second kappa shape index (κ2) is 6.09. The Bertz CT molecular complexity index is 295. The Kier molecular flexibility index (Phi) is 5.84. The number of halogens is 1. The zero-order valence-corrected chi connectivity index (χ0v) is 11.4. The van der Waals surface area contributed by atoms with Crippen molar-refractivity contribution in [3.8, 4) is 0 Å². The Morgan fingerprint density at radius 3 is 2.20 bits per heavy atom. The molecule has 0 saturated heterocycles. The van der Waals surface area contributed by atoms with E-state index in [2.05, 4.69) is 57.8 Å². The van der Waals surface area contributed by atoms with E-state index in [9.17, 15) is 0 Å². The third kappa shape index (κ3) is 3.18. The first-order valence-electron chi connectivity index (χ1n) is 5.13. The molecule has 1 nitrogen and oxygen atoms in total. The zero-order chi connectivity index (χ0) is 10.6. The summed E-state index contributed by atoms with van der Waals surface area (Å²) in [6, 6.07) is 11.2. The molecule has 0 spiro atoms. The maximum absolute atomic E-state index is 3.84. The molecule has 1 unspecified atom stereocenters. The van der Waals surface area contributed by atoms with Gasteiger partial charge in [-0.15, -0.1) is 0 Å². The van der Waals surface area contributed by atoms with Gasteiger partial charge in [0.05, 0.1) is 13.1 Å². The van der Waals surface area contributed by atoms with Crippen molar-refractivity contribution < 1.29 is 17.0 Å². The number of quaternary nitrogens is 1. The Hall–Kier alpha value is -0.600. The molecule has 1 aromatic rings. The molecule has 0 aliphatic heterocycles. The summed E-state index contributed by atoms with van der Waals surface area (Å²) in [5.74, 6) is 0. The van der Waals surface area contributed by atoms with E-state index >= 15 is 0 Å². The van der Waals surface area contributed by atoms with Crippen LogP contribution in [0.5, 0.6) is 0 Å². The molecule has 0 radical (unpaired) electrons. The largest absolute Gasteiger partial charge is 1.00 e. The standard InChI is InChI=1S/C13H20N.BrH/c1-5-11-14(4,12(2)3)13-9-7-6-8-10-13;/h5-10,12H,1,11H2,2-4H3;1H/q+1;/p-1. The van der Waals surface area contributed by atoms with Crippen molar-refractivity contribution in [1.82, 2.24) is 4.48 Å². The van der Waals surface area contributed by atoms with Crippen LogP contribution in [-0.4, -0.2) is 19.6 Å². The number of rotatable bonds is 4. The van der Waals surface area contributed by atoms with Gasteiger partial charge in [-0.05, 0) is 32.1 Å². The van der Waals surface area contributed by atoms with E-state index < -0.39 is 0 Å². The number of benzene rings is 1. The fourth-order valence-corrected chi connectivity index (χ4v) is 1.65. The second-order valence-corrected chi connectivity index (χ2v) is 4.17. The summed E-state index contributed by atoms with van der Waals surface area (Å²) in [5, 5.41) is 0. The molecule has 0 N–H and O–H groups in total. The molecule has 0 aliphatic rings. The predicted molar refractivity (Wildman–Crippen MR) is 64.4 cm³/mol. The molecule has 0 saturated carbocycles. The first kappa shape index (κ1) is 14.4. The van der Waals surface area contributed by atoms with Crippen LogP contribution in [0.4, 0.5) is 5.69 Å². The van der Waals surface area contributed by atoms with E-state index in [1.807, 2.05) is 6.08 Å². The second-order valence-electron chi connectivity index (χ2n) is 4.17. The summed E-state index contributed by atoms with van der Waals surface area (Å²) in [6.45, 7) is 9.30. The van der Waals surface area contributed by atoms with Crippen LogP contribution < -0.4 is 21.5 Å². The lowest BCUT2D eigenvalue weighted by Crippen LogP contribution is -3.00. The molecule has 1 atom stereocenters. The van der Waals surface area contributed by atoms with Crippen LogP contribution in [0.3, 0.4) is 0 Å². The van der Waals surface area contributed by atoms with Gasteiger partial charge in [0.1, 0.15) is 12.2 Å². The lowest BCUT2D eigenvalue weighted by atomic mass is 10.2. The first-order valence-corrected chi connectivity index (χ1v) is 5.13. The summed E-state index contributed by atoms with van der Waals surface area (Å²) >= 11 is 0. The van der Waals surface area contributed by atoms with Crippen LogP contribution >= 0.6 is 0 Å². The van der Waals surface area contributed by atoms with Crippen LogP contribution in [0.2, 0.25) is 0 Å². The molecule has 0 fully saturated rings. The van der Waals surface area contributed by atoms with Gasteiger partial charge in [0.15, 0.2) is 0 Å². The lowest BCUT2D eigenvalue weighted by molar-refractivity contribution is -0.00000307. The third-order valence-corrected chi connectivity index (χ3v) is 2.99. The highest BCUT2D eigenvalue weighted by molar-refractivity contribution is 5.42. The van der Waals surface area contributed by atoms with Gasteiger partial charge in [-0.1, -0.05) is 24.8 Å². The number of hydrogen-bond acceptors (Lipinski definition) is 0. The average molecular weight is 270 g/mol. The Balaban J connectivity index is 0.00000196. The van der Waals surface area contributed by atoms with Crippen molar-refractivity contribution in [3.63, 3.8) is 0 Å². The van der Waals surface area contributed by atoms with Gasteiger partial charge in [-0.2, -0.15) is 0 Å². The minimum Gasteiger partial charge on any atom is -1.00 e. The summed E-state index contributed by atoms with van der Waals surface area (Å²) in [7, 11) is 2.25. The highest BCUT2D eigenvalue weighted by Gasteiger charge is 2.26. The van der Waals surface area contributed by atoms with Crippen molar-refractivity contribution in [2.75, 3.05) is 13.6 Å². The van der Waals surface area contributed by atoms with Crippen LogP contribution in [-0.2, 0) is 0 Å². The number of nitrogens with zero attached hydrogens (tertiary/aromatic N) is 1. The molecule has 0 amide bonds. The summed E-state index contributed by atoms with van der Waals surface area (Å²) in [5.41, 5.74) is 1.35. The van der Waals surface area contributed by atoms with Gasteiger partial charge >= 0.3 is 0 Å². The lowest BCUT2D eigenvalue weighted by Gasteiger charge is -2.37. The van der Waals surface area contributed by atoms with Crippen molar-refractivity contribution in [2.24, 2.45) is 0 Å². The summed E-state index contributed by atoms with van der Waals surface area (Å²) < 4.78 is 0.921. The van der Waals surface area contributed by atoms with Gasteiger partial charge in [-0.25, -0.2) is 0 Å². The number of para-hydroxylation sites is 1. The third-order valence-electron chi connectivity index (χ3n) is 2.99. The molecule has 2 heteroatoms. The van der Waals surface area contributed by atoms with Crippen LogP contribution in [0.1, 0.15) is 13.8 Å². The van der Waals surface area contributed by atoms with Crippen molar-refractivity contribution in [2.45, 2.75) is 19.9 Å². The van der Waals surface area contributed by atoms with Gasteiger partial charge < -0.3 is 17.0 Å². The van der Waals surface area contributed by atoms with Gasteiger partial charge in [0, 0.05) is 0 Å². The molecule has 0 aliphatic carbocycles. The van der Waals surface area contributed by atoms with E-state index in [1.165, 1.54) is 5.69 Å². The Labute approximate surface area is 104 Å². The molecule has 0 heterocycles. The van der Waals surface area contributed by atoms with Gasteiger partial charge in [-0.3, -0.25) is 4.48 Å². The molecular weight excluding hydrogens is 250 g/mol. The van der Waals surface area contributed by atoms with E-state index in [4.69, 9.17) is 0 Å². The van der Waals surface area contributed by atoms with E-state index in [0.29, 0.717) is 6.04 Å². The average Bonchev–Trinajstić information content (AvgIpc) is 2.19. The van der Waals surface area contributed by atoms with E-state index in [-0.39, 0.29) is 17.0 Å². The highest BCUT2D eigenvalue weighted by atomic mass is 79.9. The smallest absolute Gasteiger partial charge is 0.133 e. The minimum atomic E-state index is 0. The maximum atomic E-state index is 3.84. The Morgan fingerprint density at radius 2 is 1.80 bits per heavy atom. The van der Waals surface area contributed by atoms with Crippen LogP contribution in [0.25, 0.3) is 0 Å². The molecule has 0 aromatic heterocycles. The predicted octanol–water partition coefficient (Wildman–Crippen LogP) is 0.222. The molecule has 1 aromatic carbocycles.